The van der Waals surface area contributed by atoms with Crippen molar-refractivity contribution < 1.29 is 9.59 Å². The molecule has 1 aliphatic rings. The second-order valence-electron chi connectivity index (χ2n) is 9.44. The van der Waals surface area contributed by atoms with Crippen molar-refractivity contribution in [2.24, 2.45) is 0 Å². The zero-order valence-corrected chi connectivity index (χ0v) is 21.0. The number of benzene rings is 2. The van der Waals surface area contributed by atoms with E-state index in [1.54, 1.807) is 35.4 Å². The van der Waals surface area contributed by atoms with Crippen molar-refractivity contribution in [2.45, 2.75) is 32.2 Å². The predicted octanol–water partition coefficient (Wildman–Crippen LogP) is 4.39. The molecule has 0 radical (unpaired) electrons. The van der Waals surface area contributed by atoms with Crippen LogP contribution >= 0.6 is 0 Å². The number of fused-ring (bicyclic) bond motifs is 1. The highest BCUT2D eigenvalue weighted by Gasteiger charge is 2.17. The van der Waals surface area contributed by atoms with E-state index in [1.165, 1.54) is 17.5 Å². The van der Waals surface area contributed by atoms with Crippen LogP contribution in [0.15, 0.2) is 60.8 Å². The Kier molecular flexibility index (Phi) is 8.17. The van der Waals surface area contributed by atoms with Gasteiger partial charge >= 0.3 is 6.03 Å². The second kappa shape index (κ2) is 11.7. The Morgan fingerprint density at radius 2 is 1.78 bits per heavy atom. The monoisotopic (exact) mass is 486 g/mol. The molecule has 1 aromatic heterocycles. The number of pyridine rings is 1. The van der Waals surface area contributed by atoms with Crippen LogP contribution in [0.5, 0.6) is 0 Å². The van der Waals surface area contributed by atoms with Gasteiger partial charge in [-0.15, -0.1) is 0 Å². The van der Waals surface area contributed by atoms with Gasteiger partial charge in [0.1, 0.15) is 5.69 Å². The van der Waals surface area contributed by atoms with Gasteiger partial charge in [0.2, 0.25) is 0 Å². The molecule has 0 unspecified atom stereocenters. The number of nitrogen functional groups attached to an aromatic ring is 1. The number of hydrogen-bond acceptors (Lipinski definition) is 5. The predicted molar refractivity (Wildman–Crippen MR) is 144 cm³/mol. The number of carbonyl (C=O) groups is 2. The lowest BCUT2D eigenvalue weighted by Crippen LogP contribution is -2.36. The Bertz CT molecular complexity index is 1210. The molecule has 0 fully saturated rings. The minimum Gasteiger partial charge on any atom is -0.397 e. The summed E-state index contributed by atoms with van der Waals surface area (Å²) in [7, 11) is 4.04. The Hall–Kier alpha value is -3.91. The zero-order valence-electron chi connectivity index (χ0n) is 21.0. The van der Waals surface area contributed by atoms with Crippen molar-refractivity contribution in [1.82, 2.24) is 14.8 Å². The van der Waals surface area contributed by atoms with E-state index in [9.17, 15) is 9.59 Å². The van der Waals surface area contributed by atoms with Crippen molar-refractivity contribution in [3.8, 4) is 0 Å². The SMILES string of the molecule is CN(C)CCCN(Cc1ccc(C(=O)Nc2ccccc2N)nc1)C(=O)Nc1ccc2c(c1)CCC2. The first kappa shape index (κ1) is 25.2. The number of urea groups is 1. The summed E-state index contributed by atoms with van der Waals surface area (Å²) in [6.45, 7) is 1.87. The summed E-state index contributed by atoms with van der Waals surface area (Å²) in [5, 5.41) is 5.85. The molecular weight excluding hydrogens is 452 g/mol. The van der Waals surface area contributed by atoms with Crippen LogP contribution in [0.4, 0.5) is 21.9 Å². The minimum atomic E-state index is -0.336. The van der Waals surface area contributed by atoms with Crippen LogP contribution < -0.4 is 16.4 Å². The first-order valence-electron chi connectivity index (χ1n) is 12.3. The molecule has 1 aliphatic carbocycles. The van der Waals surface area contributed by atoms with Gasteiger partial charge in [0.25, 0.3) is 5.91 Å². The van der Waals surface area contributed by atoms with E-state index >= 15 is 0 Å². The Labute approximate surface area is 212 Å². The third kappa shape index (κ3) is 6.60. The van der Waals surface area contributed by atoms with Crippen molar-refractivity contribution >= 4 is 29.0 Å². The number of para-hydroxylation sites is 2. The Balaban J connectivity index is 1.42. The number of hydrogen-bond donors (Lipinski definition) is 3. The maximum absolute atomic E-state index is 13.2. The molecule has 0 atom stereocenters. The van der Waals surface area contributed by atoms with Crippen LogP contribution in [0.3, 0.4) is 0 Å². The lowest BCUT2D eigenvalue weighted by Gasteiger charge is -2.24. The highest BCUT2D eigenvalue weighted by molar-refractivity contribution is 6.04. The molecule has 0 bridgehead atoms. The van der Waals surface area contributed by atoms with Gasteiger partial charge in [-0.05, 0) is 93.3 Å². The van der Waals surface area contributed by atoms with Gasteiger partial charge in [-0.1, -0.05) is 24.3 Å². The lowest BCUT2D eigenvalue weighted by molar-refractivity contribution is 0.102. The van der Waals surface area contributed by atoms with Crippen LogP contribution in [0.2, 0.25) is 0 Å². The molecular formula is C28H34N6O2. The average Bonchev–Trinajstić information content (AvgIpc) is 3.33. The van der Waals surface area contributed by atoms with Crippen LogP contribution in [0.1, 0.15) is 40.0 Å². The molecule has 0 saturated heterocycles. The quantitative estimate of drug-likeness (QED) is 0.389. The van der Waals surface area contributed by atoms with Crippen LogP contribution in [0, 0.1) is 0 Å². The molecule has 0 spiro atoms. The third-order valence-corrected chi connectivity index (χ3v) is 6.31. The standard InChI is InChI=1S/C28H34N6O2/c1-33(2)15-6-16-34(28(36)31-23-13-12-21-7-5-8-22(21)17-23)19-20-11-14-26(30-18-20)27(35)32-25-10-4-3-9-24(25)29/h3-4,9-14,17-18H,5-8,15-16,19,29H2,1-2H3,(H,31,36)(H,32,35). The summed E-state index contributed by atoms with van der Waals surface area (Å²) in [5.74, 6) is -0.336. The van der Waals surface area contributed by atoms with E-state index in [0.717, 1.165) is 37.1 Å². The number of aryl methyl sites for hydroxylation is 2. The highest BCUT2D eigenvalue weighted by atomic mass is 16.2. The van der Waals surface area contributed by atoms with Gasteiger partial charge in [-0.3, -0.25) is 9.78 Å². The largest absolute Gasteiger partial charge is 0.397 e. The number of anilines is 3. The average molecular weight is 487 g/mol. The summed E-state index contributed by atoms with van der Waals surface area (Å²) in [4.78, 5) is 34.0. The topological polar surface area (TPSA) is 104 Å². The van der Waals surface area contributed by atoms with E-state index in [1.807, 2.05) is 32.3 Å². The zero-order chi connectivity index (χ0) is 25.5. The molecule has 3 amide bonds. The van der Waals surface area contributed by atoms with Gasteiger partial charge in [0.05, 0.1) is 11.4 Å². The fraction of sp³-hybridized carbons (Fsp3) is 0.321. The maximum Gasteiger partial charge on any atom is 0.322 e. The smallest absolute Gasteiger partial charge is 0.322 e. The van der Waals surface area contributed by atoms with Crippen molar-refractivity contribution in [1.29, 1.82) is 0 Å². The molecule has 8 nitrogen and oxygen atoms in total. The van der Waals surface area contributed by atoms with E-state index in [0.29, 0.717) is 24.5 Å². The number of aromatic nitrogens is 1. The molecule has 3 aromatic rings. The van der Waals surface area contributed by atoms with E-state index < -0.39 is 0 Å². The minimum absolute atomic E-state index is 0.145. The maximum atomic E-state index is 13.2. The number of nitrogens with zero attached hydrogens (tertiary/aromatic N) is 3. The van der Waals surface area contributed by atoms with Gasteiger partial charge in [-0.25, -0.2) is 4.79 Å². The number of nitrogens with one attached hydrogen (secondary N) is 2. The summed E-state index contributed by atoms with van der Waals surface area (Å²) in [6, 6.07) is 16.6. The molecule has 36 heavy (non-hydrogen) atoms. The normalized spacial score (nSPS) is 12.3. The first-order chi connectivity index (χ1) is 17.4. The molecule has 4 rings (SSSR count). The molecule has 4 N–H and O–H groups in total. The Morgan fingerprint density at radius 1 is 0.972 bits per heavy atom. The molecule has 2 aromatic carbocycles. The number of nitrogens with two attached hydrogens (primary N) is 1. The number of rotatable bonds is 9. The van der Waals surface area contributed by atoms with Gasteiger partial charge in [0.15, 0.2) is 0 Å². The molecule has 188 valence electrons. The number of amides is 3. The van der Waals surface area contributed by atoms with Crippen LogP contribution in [-0.2, 0) is 19.4 Å². The molecule has 0 aliphatic heterocycles. The molecule has 1 heterocycles. The van der Waals surface area contributed by atoms with Crippen molar-refractivity contribution in [2.75, 3.05) is 43.6 Å². The number of carbonyl (C=O) groups excluding carboxylic acids is 2. The first-order valence-corrected chi connectivity index (χ1v) is 12.3. The van der Waals surface area contributed by atoms with Gasteiger partial charge < -0.3 is 26.2 Å². The molecule has 0 saturated carbocycles. The van der Waals surface area contributed by atoms with Crippen LogP contribution in [-0.4, -0.2) is 53.9 Å². The highest BCUT2D eigenvalue weighted by Crippen LogP contribution is 2.25. The van der Waals surface area contributed by atoms with E-state index in [4.69, 9.17) is 5.73 Å². The summed E-state index contributed by atoms with van der Waals surface area (Å²) in [6.07, 6.45) is 5.83. The summed E-state index contributed by atoms with van der Waals surface area (Å²) >= 11 is 0. The summed E-state index contributed by atoms with van der Waals surface area (Å²) < 4.78 is 0. The lowest BCUT2D eigenvalue weighted by atomic mass is 10.1. The van der Waals surface area contributed by atoms with E-state index in [-0.39, 0.29) is 17.6 Å². The van der Waals surface area contributed by atoms with Gasteiger partial charge in [0, 0.05) is 25.0 Å². The van der Waals surface area contributed by atoms with Crippen LogP contribution in [0.25, 0.3) is 0 Å². The Morgan fingerprint density at radius 3 is 2.53 bits per heavy atom. The fourth-order valence-corrected chi connectivity index (χ4v) is 4.35. The van der Waals surface area contributed by atoms with Crippen molar-refractivity contribution in [3.63, 3.8) is 0 Å². The van der Waals surface area contributed by atoms with Crippen molar-refractivity contribution in [3.05, 3.63) is 83.2 Å². The van der Waals surface area contributed by atoms with E-state index in [2.05, 4.69) is 32.7 Å². The second-order valence-corrected chi connectivity index (χ2v) is 9.44. The summed E-state index contributed by atoms with van der Waals surface area (Å²) in [5.41, 5.74) is 11.6. The molecule has 8 heteroatoms. The third-order valence-electron chi connectivity index (χ3n) is 6.31. The fourth-order valence-electron chi connectivity index (χ4n) is 4.35. The van der Waals surface area contributed by atoms with Gasteiger partial charge in [-0.2, -0.15) is 0 Å².